The van der Waals surface area contributed by atoms with E-state index in [4.69, 9.17) is 9.47 Å². The molecule has 1 fully saturated rings. The number of hydrogen-bond donors (Lipinski definition) is 2. The molecule has 1 atom stereocenters. The Labute approximate surface area is 138 Å². The predicted octanol–water partition coefficient (Wildman–Crippen LogP) is 2.84. The summed E-state index contributed by atoms with van der Waals surface area (Å²) in [6.07, 6.45) is 2.67. The number of carbonyl (C=O) groups is 1. The Morgan fingerprint density at radius 1 is 1.41 bits per heavy atom. The highest BCUT2D eigenvalue weighted by atomic mass is 35.5. The minimum atomic E-state index is 0. The van der Waals surface area contributed by atoms with Crippen molar-refractivity contribution in [3.63, 3.8) is 0 Å². The number of anilines is 1. The maximum Gasteiger partial charge on any atom is 0.224 e. The molecule has 1 aromatic carbocycles. The third-order valence-corrected chi connectivity index (χ3v) is 3.69. The van der Waals surface area contributed by atoms with Gasteiger partial charge in [0.25, 0.3) is 0 Å². The molecule has 0 bridgehead atoms. The van der Waals surface area contributed by atoms with E-state index in [9.17, 15) is 4.79 Å². The van der Waals surface area contributed by atoms with E-state index in [2.05, 4.69) is 10.6 Å². The lowest BCUT2D eigenvalue weighted by atomic mass is 10.0. The molecule has 0 aliphatic carbocycles. The summed E-state index contributed by atoms with van der Waals surface area (Å²) in [6, 6.07) is 5.44. The second-order valence-electron chi connectivity index (χ2n) is 5.24. The standard InChI is InChI=1S/C16H24N2O3.ClH/c1-3-21-15-10-13(5-6-14(15)20-2)18-16(19)7-4-12-8-9-17-11-12;/h5-6,10,12,17H,3-4,7-9,11H2,1-2H3,(H,18,19);1H. The first kappa shape index (κ1) is 18.6. The summed E-state index contributed by atoms with van der Waals surface area (Å²) in [5, 5.41) is 6.24. The molecule has 1 aromatic rings. The highest BCUT2D eigenvalue weighted by Crippen LogP contribution is 2.30. The lowest BCUT2D eigenvalue weighted by Crippen LogP contribution is -2.15. The largest absolute Gasteiger partial charge is 0.493 e. The van der Waals surface area contributed by atoms with Crippen molar-refractivity contribution >= 4 is 24.0 Å². The summed E-state index contributed by atoms with van der Waals surface area (Å²) < 4.78 is 10.7. The zero-order chi connectivity index (χ0) is 15.1. The van der Waals surface area contributed by atoms with Crippen LogP contribution in [0.4, 0.5) is 5.69 Å². The Morgan fingerprint density at radius 2 is 2.23 bits per heavy atom. The number of nitrogens with one attached hydrogen (secondary N) is 2. The number of rotatable bonds is 7. The van der Waals surface area contributed by atoms with E-state index < -0.39 is 0 Å². The number of hydrogen-bond acceptors (Lipinski definition) is 4. The summed E-state index contributed by atoms with van der Waals surface area (Å²) in [7, 11) is 1.60. The smallest absolute Gasteiger partial charge is 0.224 e. The molecular weight excluding hydrogens is 304 g/mol. The Bertz CT molecular complexity index is 476. The molecule has 0 radical (unpaired) electrons. The monoisotopic (exact) mass is 328 g/mol. The van der Waals surface area contributed by atoms with Gasteiger partial charge in [-0.15, -0.1) is 12.4 Å². The first-order valence-corrected chi connectivity index (χ1v) is 7.54. The summed E-state index contributed by atoms with van der Waals surface area (Å²) in [5.41, 5.74) is 0.744. The Balaban J connectivity index is 0.00000242. The van der Waals surface area contributed by atoms with Gasteiger partial charge in [0.15, 0.2) is 11.5 Å². The van der Waals surface area contributed by atoms with Gasteiger partial charge in [0, 0.05) is 18.2 Å². The third-order valence-electron chi connectivity index (χ3n) is 3.69. The molecule has 6 heteroatoms. The van der Waals surface area contributed by atoms with E-state index in [-0.39, 0.29) is 18.3 Å². The van der Waals surface area contributed by atoms with Crippen molar-refractivity contribution in [1.29, 1.82) is 0 Å². The van der Waals surface area contributed by atoms with Crippen molar-refractivity contribution < 1.29 is 14.3 Å². The molecule has 1 amide bonds. The quantitative estimate of drug-likeness (QED) is 0.808. The van der Waals surface area contributed by atoms with Gasteiger partial charge in [-0.3, -0.25) is 4.79 Å². The molecule has 2 rings (SSSR count). The molecule has 1 unspecified atom stereocenters. The second-order valence-corrected chi connectivity index (χ2v) is 5.24. The minimum Gasteiger partial charge on any atom is -0.493 e. The van der Waals surface area contributed by atoms with Crippen molar-refractivity contribution in [2.24, 2.45) is 5.92 Å². The summed E-state index contributed by atoms with van der Waals surface area (Å²) >= 11 is 0. The van der Waals surface area contributed by atoms with Crippen molar-refractivity contribution in [2.75, 3.05) is 32.1 Å². The molecule has 124 valence electrons. The van der Waals surface area contributed by atoms with Gasteiger partial charge in [-0.05, 0) is 50.9 Å². The summed E-state index contributed by atoms with van der Waals surface area (Å²) in [6.45, 7) is 4.58. The highest BCUT2D eigenvalue weighted by Gasteiger charge is 2.16. The molecule has 0 aromatic heterocycles. The Hall–Kier alpha value is -1.46. The van der Waals surface area contributed by atoms with Crippen LogP contribution in [0.3, 0.4) is 0 Å². The van der Waals surface area contributed by atoms with Crippen LogP contribution in [0.2, 0.25) is 0 Å². The van der Waals surface area contributed by atoms with Crippen LogP contribution in [0.25, 0.3) is 0 Å². The lowest BCUT2D eigenvalue weighted by Gasteiger charge is -2.12. The number of methoxy groups -OCH3 is 1. The van der Waals surface area contributed by atoms with Gasteiger partial charge in [-0.1, -0.05) is 0 Å². The minimum absolute atomic E-state index is 0. The molecule has 1 aliphatic heterocycles. The molecular formula is C16H25ClN2O3. The number of amides is 1. The fourth-order valence-corrected chi connectivity index (χ4v) is 2.54. The zero-order valence-corrected chi connectivity index (χ0v) is 14.0. The van der Waals surface area contributed by atoms with Crippen LogP contribution in [0.5, 0.6) is 11.5 Å². The maximum absolute atomic E-state index is 12.0. The maximum atomic E-state index is 12.0. The molecule has 1 saturated heterocycles. The molecule has 1 heterocycles. The van der Waals surface area contributed by atoms with Crippen molar-refractivity contribution in [2.45, 2.75) is 26.2 Å². The summed E-state index contributed by atoms with van der Waals surface area (Å²) in [4.78, 5) is 12.0. The lowest BCUT2D eigenvalue weighted by molar-refractivity contribution is -0.116. The fourth-order valence-electron chi connectivity index (χ4n) is 2.54. The van der Waals surface area contributed by atoms with Crippen molar-refractivity contribution in [3.8, 4) is 11.5 Å². The normalized spacial score (nSPS) is 16.7. The number of halogens is 1. The van der Waals surface area contributed by atoms with E-state index >= 15 is 0 Å². The second kappa shape index (κ2) is 9.54. The number of ether oxygens (including phenoxy) is 2. The van der Waals surface area contributed by atoms with Crippen LogP contribution >= 0.6 is 12.4 Å². The zero-order valence-electron chi connectivity index (χ0n) is 13.2. The highest BCUT2D eigenvalue weighted by molar-refractivity contribution is 5.91. The predicted molar refractivity (Wildman–Crippen MR) is 90.3 cm³/mol. The summed E-state index contributed by atoms with van der Waals surface area (Å²) in [5.74, 6) is 2.00. The van der Waals surface area contributed by atoms with E-state index in [0.29, 0.717) is 30.4 Å². The van der Waals surface area contributed by atoms with Gasteiger partial charge in [-0.2, -0.15) is 0 Å². The van der Waals surface area contributed by atoms with Gasteiger partial charge in [0.1, 0.15) is 0 Å². The molecule has 22 heavy (non-hydrogen) atoms. The van der Waals surface area contributed by atoms with E-state index in [1.165, 1.54) is 6.42 Å². The van der Waals surface area contributed by atoms with E-state index in [0.717, 1.165) is 25.2 Å². The molecule has 1 aliphatic rings. The van der Waals surface area contributed by atoms with Crippen LogP contribution in [-0.4, -0.2) is 32.7 Å². The topological polar surface area (TPSA) is 59.6 Å². The van der Waals surface area contributed by atoms with Gasteiger partial charge in [0.2, 0.25) is 5.91 Å². The Morgan fingerprint density at radius 3 is 2.86 bits per heavy atom. The average Bonchev–Trinajstić information content (AvgIpc) is 2.99. The van der Waals surface area contributed by atoms with Crippen LogP contribution in [0, 0.1) is 5.92 Å². The van der Waals surface area contributed by atoms with Gasteiger partial charge >= 0.3 is 0 Å². The average molecular weight is 329 g/mol. The molecule has 0 spiro atoms. The van der Waals surface area contributed by atoms with Gasteiger partial charge in [0.05, 0.1) is 13.7 Å². The van der Waals surface area contributed by atoms with Crippen LogP contribution in [0.1, 0.15) is 26.2 Å². The van der Waals surface area contributed by atoms with Crippen LogP contribution < -0.4 is 20.1 Å². The first-order valence-electron chi connectivity index (χ1n) is 7.54. The number of carbonyl (C=O) groups excluding carboxylic acids is 1. The van der Waals surface area contributed by atoms with Crippen LogP contribution in [-0.2, 0) is 4.79 Å². The third kappa shape index (κ3) is 5.39. The molecule has 2 N–H and O–H groups in total. The van der Waals surface area contributed by atoms with Crippen LogP contribution in [0.15, 0.2) is 18.2 Å². The fraction of sp³-hybridized carbons (Fsp3) is 0.562. The molecule has 0 saturated carbocycles. The molecule has 5 nitrogen and oxygen atoms in total. The van der Waals surface area contributed by atoms with E-state index in [1.807, 2.05) is 19.1 Å². The van der Waals surface area contributed by atoms with Crippen molar-refractivity contribution in [3.05, 3.63) is 18.2 Å². The first-order chi connectivity index (χ1) is 10.2. The van der Waals surface area contributed by atoms with Crippen molar-refractivity contribution in [1.82, 2.24) is 5.32 Å². The van der Waals surface area contributed by atoms with Gasteiger partial charge in [-0.25, -0.2) is 0 Å². The van der Waals surface area contributed by atoms with E-state index in [1.54, 1.807) is 13.2 Å². The Kier molecular flexibility index (Phi) is 8.06. The SMILES string of the molecule is CCOc1cc(NC(=O)CCC2CCNC2)ccc1OC.Cl. The number of benzene rings is 1. The van der Waals surface area contributed by atoms with Gasteiger partial charge < -0.3 is 20.1 Å².